The van der Waals surface area contributed by atoms with Crippen molar-refractivity contribution in [1.29, 1.82) is 0 Å². The minimum atomic E-state index is -0.611. The van der Waals surface area contributed by atoms with Crippen LogP contribution < -0.4 is 10.5 Å². The van der Waals surface area contributed by atoms with Crippen LogP contribution in [0.5, 0.6) is 5.75 Å². The van der Waals surface area contributed by atoms with Crippen LogP contribution in [0.3, 0.4) is 0 Å². The van der Waals surface area contributed by atoms with Gasteiger partial charge < -0.3 is 15.3 Å². The van der Waals surface area contributed by atoms with Gasteiger partial charge in [0.25, 0.3) is 0 Å². The number of amidine groups is 1. The van der Waals surface area contributed by atoms with E-state index in [9.17, 15) is 4.79 Å². The van der Waals surface area contributed by atoms with Crippen molar-refractivity contribution in [3.8, 4) is 5.75 Å². The molecule has 114 valence electrons. The van der Waals surface area contributed by atoms with Gasteiger partial charge in [-0.1, -0.05) is 47.6 Å². The Morgan fingerprint density at radius 2 is 1.86 bits per heavy atom. The molecule has 0 unspecified atom stereocenters. The molecule has 0 fully saturated rings. The van der Waals surface area contributed by atoms with Gasteiger partial charge in [-0.25, -0.2) is 4.79 Å². The number of carbonyl (C=O) groups excluding carboxylic acids is 1. The maximum Gasteiger partial charge on any atom is 0.372 e. The Bertz CT molecular complexity index is 682. The van der Waals surface area contributed by atoms with E-state index >= 15 is 0 Å². The van der Waals surface area contributed by atoms with Crippen LogP contribution in [0.15, 0.2) is 53.7 Å². The second-order valence-corrected chi connectivity index (χ2v) is 4.86. The molecule has 0 aliphatic carbocycles. The third-order valence-electron chi connectivity index (χ3n) is 3.00. The van der Waals surface area contributed by atoms with E-state index in [2.05, 4.69) is 5.16 Å². The van der Waals surface area contributed by atoms with Crippen LogP contribution in [0.4, 0.5) is 0 Å². The zero-order valence-corrected chi connectivity index (χ0v) is 12.6. The van der Waals surface area contributed by atoms with E-state index in [1.165, 1.54) is 0 Å². The van der Waals surface area contributed by atoms with Crippen molar-refractivity contribution in [1.82, 2.24) is 0 Å². The Balaban J connectivity index is 1.89. The third kappa shape index (κ3) is 4.34. The number of benzene rings is 2. The van der Waals surface area contributed by atoms with Crippen LogP contribution in [-0.2, 0) is 9.63 Å². The number of rotatable bonds is 5. The van der Waals surface area contributed by atoms with Gasteiger partial charge in [0.05, 0.1) is 0 Å². The molecule has 0 spiro atoms. The Kier molecular flexibility index (Phi) is 5.14. The summed E-state index contributed by atoms with van der Waals surface area (Å²) in [5.74, 6) is 0.178. The number of hydrogen-bond acceptors (Lipinski definition) is 4. The highest BCUT2D eigenvalue weighted by Crippen LogP contribution is 2.18. The van der Waals surface area contributed by atoms with Gasteiger partial charge in [-0.2, -0.15) is 0 Å². The largest absolute Gasteiger partial charge is 0.482 e. The first-order valence-electron chi connectivity index (χ1n) is 6.85. The van der Waals surface area contributed by atoms with Crippen LogP contribution in [0.2, 0.25) is 0 Å². The maximum absolute atomic E-state index is 11.6. The van der Waals surface area contributed by atoms with Crippen LogP contribution in [0.1, 0.15) is 16.7 Å². The number of ether oxygens (including phenoxy) is 1. The maximum atomic E-state index is 11.6. The minimum absolute atomic E-state index is 0.140. The average molecular weight is 298 g/mol. The minimum Gasteiger partial charge on any atom is -0.482 e. The summed E-state index contributed by atoms with van der Waals surface area (Å²) >= 11 is 0. The topological polar surface area (TPSA) is 73.9 Å². The Morgan fingerprint density at radius 1 is 1.14 bits per heavy atom. The number of nitrogens with zero attached hydrogens (tertiary/aromatic N) is 1. The molecule has 2 rings (SSSR count). The summed E-state index contributed by atoms with van der Waals surface area (Å²) in [5, 5.41) is 3.61. The lowest BCUT2D eigenvalue weighted by Crippen LogP contribution is -2.18. The predicted molar refractivity (Wildman–Crippen MR) is 84.7 cm³/mol. The van der Waals surface area contributed by atoms with Gasteiger partial charge >= 0.3 is 5.97 Å². The second kappa shape index (κ2) is 7.26. The van der Waals surface area contributed by atoms with Gasteiger partial charge in [-0.15, -0.1) is 0 Å². The van der Waals surface area contributed by atoms with E-state index in [-0.39, 0.29) is 12.4 Å². The molecule has 0 aliphatic heterocycles. The van der Waals surface area contributed by atoms with Crippen molar-refractivity contribution < 1.29 is 14.4 Å². The van der Waals surface area contributed by atoms with Crippen LogP contribution >= 0.6 is 0 Å². The van der Waals surface area contributed by atoms with Gasteiger partial charge in [0.2, 0.25) is 0 Å². The Hall–Kier alpha value is -2.82. The first-order valence-corrected chi connectivity index (χ1v) is 6.85. The lowest BCUT2D eigenvalue weighted by molar-refractivity contribution is -0.146. The van der Waals surface area contributed by atoms with Crippen molar-refractivity contribution in [2.45, 2.75) is 13.8 Å². The fourth-order valence-corrected chi connectivity index (χ4v) is 1.79. The highest BCUT2D eigenvalue weighted by molar-refractivity contribution is 5.97. The number of oxime groups is 1. The van der Waals surface area contributed by atoms with Crippen molar-refractivity contribution in [2.24, 2.45) is 10.9 Å². The number of aryl methyl sites for hydroxylation is 2. The fraction of sp³-hybridized carbons (Fsp3) is 0.176. The van der Waals surface area contributed by atoms with Gasteiger partial charge in [-0.3, -0.25) is 0 Å². The summed E-state index contributed by atoms with van der Waals surface area (Å²) in [7, 11) is 0. The highest BCUT2D eigenvalue weighted by atomic mass is 16.7. The molecular formula is C17H18N2O3. The summed E-state index contributed by atoms with van der Waals surface area (Å²) in [4.78, 5) is 16.4. The van der Waals surface area contributed by atoms with Gasteiger partial charge in [0.15, 0.2) is 12.4 Å². The molecule has 0 amide bonds. The van der Waals surface area contributed by atoms with Crippen LogP contribution in [0.25, 0.3) is 0 Å². The lowest BCUT2D eigenvalue weighted by Gasteiger charge is -2.08. The molecule has 5 heteroatoms. The first-order chi connectivity index (χ1) is 10.6. The summed E-state index contributed by atoms with van der Waals surface area (Å²) in [6, 6.07) is 14.8. The van der Waals surface area contributed by atoms with Crippen molar-refractivity contribution in [3.05, 3.63) is 65.2 Å². The van der Waals surface area contributed by atoms with Crippen LogP contribution in [0, 0.1) is 13.8 Å². The van der Waals surface area contributed by atoms with E-state index in [0.717, 1.165) is 11.1 Å². The standard InChI is InChI=1S/C17H18N2O3/c1-12-8-9-13(2)15(10-12)21-11-16(20)22-19-17(18)14-6-4-3-5-7-14/h3-10H,11H2,1-2H3,(H2,18,19). The molecule has 0 saturated carbocycles. The third-order valence-corrected chi connectivity index (χ3v) is 3.00. The quantitative estimate of drug-likeness (QED) is 0.398. The molecule has 5 nitrogen and oxygen atoms in total. The van der Waals surface area contributed by atoms with Crippen molar-refractivity contribution in [2.75, 3.05) is 6.61 Å². The van der Waals surface area contributed by atoms with E-state index in [1.807, 2.05) is 50.2 Å². The Morgan fingerprint density at radius 3 is 2.59 bits per heavy atom. The van der Waals surface area contributed by atoms with Gasteiger partial charge in [0, 0.05) is 5.56 Å². The SMILES string of the molecule is Cc1ccc(C)c(OCC(=O)O/N=C(/N)c2ccccc2)c1. The van der Waals surface area contributed by atoms with E-state index < -0.39 is 5.97 Å². The van der Waals surface area contributed by atoms with Crippen molar-refractivity contribution in [3.63, 3.8) is 0 Å². The summed E-state index contributed by atoms with van der Waals surface area (Å²) in [6.45, 7) is 3.64. The smallest absolute Gasteiger partial charge is 0.372 e. The van der Waals surface area contributed by atoms with Crippen molar-refractivity contribution >= 4 is 11.8 Å². The lowest BCUT2D eigenvalue weighted by atomic mass is 10.1. The fourth-order valence-electron chi connectivity index (χ4n) is 1.79. The zero-order valence-electron chi connectivity index (χ0n) is 12.6. The summed E-state index contributed by atoms with van der Waals surface area (Å²) in [5.41, 5.74) is 8.42. The van der Waals surface area contributed by atoms with Crippen LogP contribution in [-0.4, -0.2) is 18.4 Å². The number of nitrogens with two attached hydrogens (primary N) is 1. The first kappa shape index (κ1) is 15.6. The molecule has 22 heavy (non-hydrogen) atoms. The van der Waals surface area contributed by atoms with E-state index in [0.29, 0.717) is 11.3 Å². The molecule has 0 radical (unpaired) electrons. The summed E-state index contributed by atoms with van der Waals surface area (Å²) in [6.07, 6.45) is 0. The molecule has 2 N–H and O–H groups in total. The number of carbonyl (C=O) groups is 1. The molecule has 0 saturated heterocycles. The van der Waals surface area contributed by atoms with E-state index in [1.54, 1.807) is 12.1 Å². The zero-order chi connectivity index (χ0) is 15.9. The molecular weight excluding hydrogens is 280 g/mol. The molecule has 2 aromatic rings. The molecule has 0 heterocycles. The molecule has 0 aromatic heterocycles. The summed E-state index contributed by atoms with van der Waals surface area (Å²) < 4.78 is 5.43. The highest BCUT2D eigenvalue weighted by Gasteiger charge is 2.07. The van der Waals surface area contributed by atoms with E-state index in [4.69, 9.17) is 15.3 Å². The molecule has 0 atom stereocenters. The molecule has 0 bridgehead atoms. The predicted octanol–water partition coefficient (Wildman–Crippen LogP) is 2.55. The molecule has 0 aliphatic rings. The number of hydrogen-bond donors (Lipinski definition) is 1. The monoisotopic (exact) mass is 298 g/mol. The molecule has 2 aromatic carbocycles. The normalized spacial score (nSPS) is 11.1. The Labute approximate surface area is 129 Å². The van der Waals surface area contributed by atoms with Gasteiger partial charge in [0.1, 0.15) is 5.75 Å². The average Bonchev–Trinajstić information content (AvgIpc) is 2.54. The second-order valence-electron chi connectivity index (χ2n) is 4.86. The van der Waals surface area contributed by atoms with Gasteiger partial charge in [-0.05, 0) is 31.0 Å².